The molecule has 0 saturated heterocycles. The Morgan fingerprint density at radius 1 is 1.39 bits per heavy atom. The van der Waals surface area contributed by atoms with Gasteiger partial charge in [-0.2, -0.15) is 0 Å². The maximum Gasteiger partial charge on any atom is 0.573 e. The number of hydrogen-bond donors (Lipinski definition) is 1. The van der Waals surface area contributed by atoms with E-state index in [-0.39, 0.29) is 6.07 Å². The van der Waals surface area contributed by atoms with Crippen molar-refractivity contribution in [2.45, 2.75) is 12.8 Å². The lowest BCUT2D eigenvalue weighted by Gasteiger charge is -2.08. The van der Waals surface area contributed by atoms with Crippen molar-refractivity contribution >= 4 is 5.69 Å². The zero-order valence-corrected chi connectivity index (χ0v) is 8.12. The van der Waals surface area contributed by atoms with Crippen LogP contribution in [0.2, 0.25) is 0 Å². The number of pyridine rings is 1. The van der Waals surface area contributed by atoms with E-state index in [2.05, 4.69) is 4.74 Å². The van der Waals surface area contributed by atoms with Crippen LogP contribution in [0.3, 0.4) is 0 Å². The molecule has 0 atom stereocenters. The average Bonchev–Trinajstić information content (AvgIpc) is 2.17. The molecule has 1 aromatic rings. The molecule has 0 bridgehead atoms. The number of nitrogens with one attached hydrogen (secondary N) is 1. The first-order valence-corrected chi connectivity index (χ1v) is 4.07. The van der Waals surface area contributed by atoms with E-state index in [0.717, 1.165) is 0 Å². The topological polar surface area (TPSA) is 85.2 Å². The summed E-state index contributed by atoms with van der Waals surface area (Å²) in [6, 6.07) is -0.00613. The number of aromatic amines is 1. The predicted molar refractivity (Wildman–Crippen MR) is 45.4 cm³/mol. The van der Waals surface area contributed by atoms with Crippen LogP contribution in [0.15, 0.2) is 10.9 Å². The minimum Gasteiger partial charge on any atom is -0.400 e. The number of H-pyrrole nitrogens is 1. The summed E-state index contributed by atoms with van der Waals surface area (Å²) in [6.45, 7) is 0. The van der Waals surface area contributed by atoms with Crippen LogP contribution in [0.1, 0.15) is 12.1 Å². The first kappa shape index (κ1) is 13.9. The highest BCUT2D eigenvalue weighted by Crippen LogP contribution is 2.29. The number of alkyl halides is 5. The van der Waals surface area contributed by atoms with Gasteiger partial charge in [-0.25, -0.2) is 8.78 Å². The molecule has 100 valence electrons. The number of hydrogen-bond acceptors (Lipinski definition) is 4. The molecule has 1 N–H and O–H groups in total. The van der Waals surface area contributed by atoms with Crippen molar-refractivity contribution in [2.24, 2.45) is 0 Å². The van der Waals surface area contributed by atoms with Crippen molar-refractivity contribution < 1.29 is 31.6 Å². The van der Waals surface area contributed by atoms with Crippen LogP contribution in [0.25, 0.3) is 0 Å². The Bertz CT molecular complexity index is 524. The molecule has 0 fully saturated rings. The molecule has 1 rings (SSSR count). The third-order valence-corrected chi connectivity index (χ3v) is 1.66. The van der Waals surface area contributed by atoms with Gasteiger partial charge in [0.25, 0.3) is 17.7 Å². The largest absolute Gasteiger partial charge is 0.573 e. The Morgan fingerprint density at radius 3 is 2.33 bits per heavy atom. The summed E-state index contributed by atoms with van der Waals surface area (Å²) in [4.78, 5) is 21.2. The third kappa shape index (κ3) is 3.15. The fourth-order valence-electron chi connectivity index (χ4n) is 1.03. The van der Waals surface area contributed by atoms with E-state index in [0.29, 0.717) is 0 Å². The number of rotatable bonds is 3. The van der Waals surface area contributed by atoms with Crippen molar-refractivity contribution in [1.29, 1.82) is 0 Å². The molecule has 0 aliphatic carbocycles. The van der Waals surface area contributed by atoms with Gasteiger partial charge in [0.15, 0.2) is 5.69 Å². The van der Waals surface area contributed by atoms with Gasteiger partial charge in [-0.05, 0) is 0 Å². The quantitative estimate of drug-likeness (QED) is 0.519. The number of nitro groups is 1. The van der Waals surface area contributed by atoms with Crippen molar-refractivity contribution in [3.05, 3.63) is 32.2 Å². The Morgan fingerprint density at radius 2 is 1.94 bits per heavy atom. The summed E-state index contributed by atoms with van der Waals surface area (Å²) in [5.41, 5.74) is -4.41. The number of ether oxygens (including phenoxy) is 1. The van der Waals surface area contributed by atoms with E-state index >= 15 is 0 Å². The third-order valence-electron chi connectivity index (χ3n) is 1.66. The maximum atomic E-state index is 12.3. The zero-order chi connectivity index (χ0) is 14.1. The molecule has 0 saturated carbocycles. The van der Waals surface area contributed by atoms with E-state index in [4.69, 9.17) is 0 Å². The van der Waals surface area contributed by atoms with Crippen molar-refractivity contribution in [3.63, 3.8) is 0 Å². The Labute approximate surface area is 94.1 Å². The molecular weight excluding hydrogens is 271 g/mol. The highest BCUT2D eigenvalue weighted by molar-refractivity contribution is 5.41. The predicted octanol–water partition coefficient (Wildman–Crippen LogP) is 2.12. The zero-order valence-electron chi connectivity index (χ0n) is 8.12. The fraction of sp³-hybridized carbons (Fsp3) is 0.286. The first-order chi connectivity index (χ1) is 8.11. The molecule has 0 spiro atoms. The minimum absolute atomic E-state index is 0.00613. The fourth-order valence-corrected chi connectivity index (χ4v) is 1.03. The summed E-state index contributed by atoms with van der Waals surface area (Å²) >= 11 is 0. The monoisotopic (exact) mass is 274 g/mol. The van der Waals surface area contributed by atoms with Crippen LogP contribution in [0.4, 0.5) is 27.6 Å². The molecule has 0 aliphatic rings. The molecule has 0 amide bonds. The Kier molecular flexibility index (Phi) is 3.53. The van der Waals surface area contributed by atoms with Crippen LogP contribution in [0.5, 0.6) is 5.75 Å². The SMILES string of the molecule is O=c1[nH]c(C(F)F)c([N+](=O)[O-])cc1OC(F)(F)F. The summed E-state index contributed by atoms with van der Waals surface area (Å²) in [5, 5.41) is 10.4. The van der Waals surface area contributed by atoms with Gasteiger partial charge in [0, 0.05) is 0 Å². The molecule has 11 heteroatoms. The van der Waals surface area contributed by atoms with Gasteiger partial charge in [0.05, 0.1) is 11.0 Å². The Hall–Kier alpha value is -2.20. The number of halogens is 5. The second-order valence-corrected chi connectivity index (χ2v) is 2.87. The first-order valence-electron chi connectivity index (χ1n) is 4.07. The molecular formula is C7H3F5N2O4. The van der Waals surface area contributed by atoms with Gasteiger partial charge in [-0.1, -0.05) is 0 Å². The van der Waals surface area contributed by atoms with E-state index in [1.165, 1.54) is 4.98 Å². The van der Waals surface area contributed by atoms with Crippen LogP contribution in [0, 0.1) is 10.1 Å². The van der Waals surface area contributed by atoms with Gasteiger partial charge in [-0.15, -0.1) is 13.2 Å². The minimum atomic E-state index is -5.27. The molecule has 1 aromatic heterocycles. The molecule has 18 heavy (non-hydrogen) atoms. The van der Waals surface area contributed by atoms with Gasteiger partial charge in [-0.3, -0.25) is 14.9 Å². The summed E-state index contributed by atoms with van der Waals surface area (Å²) in [7, 11) is 0. The second-order valence-electron chi connectivity index (χ2n) is 2.87. The van der Waals surface area contributed by atoms with E-state index in [1.54, 1.807) is 0 Å². The normalized spacial score (nSPS) is 11.7. The van der Waals surface area contributed by atoms with Crippen molar-refractivity contribution in [3.8, 4) is 5.75 Å². The summed E-state index contributed by atoms with van der Waals surface area (Å²) < 4.78 is 63.2. The van der Waals surface area contributed by atoms with Crippen LogP contribution in [-0.2, 0) is 0 Å². The van der Waals surface area contributed by atoms with Gasteiger partial charge < -0.3 is 9.72 Å². The van der Waals surface area contributed by atoms with Gasteiger partial charge >= 0.3 is 6.36 Å². The van der Waals surface area contributed by atoms with E-state index < -0.39 is 40.4 Å². The van der Waals surface area contributed by atoms with Crippen LogP contribution < -0.4 is 10.3 Å². The molecule has 0 aromatic carbocycles. The number of aromatic nitrogens is 1. The highest BCUT2D eigenvalue weighted by Gasteiger charge is 2.34. The van der Waals surface area contributed by atoms with Gasteiger partial charge in [0.1, 0.15) is 0 Å². The molecule has 0 radical (unpaired) electrons. The summed E-state index contributed by atoms with van der Waals surface area (Å²) in [5.74, 6) is -1.49. The Balaban J connectivity index is 3.37. The van der Waals surface area contributed by atoms with Crippen LogP contribution >= 0.6 is 0 Å². The van der Waals surface area contributed by atoms with Crippen molar-refractivity contribution in [1.82, 2.24) is 4.98 Å². The molecule has 0 aliphatic heterocycles. The van der Waals surface area contributed by atoms with E-state index in [9.17, 15) is 36.9 Å². The molecule has 6 nitrogen and oxygen atoms in total. The molecule has 1 heterocycles. The maximum absolute atomic E-state index is 12.3. The van der Waals surface area contributed by atoms with Crippen molar-refractivity contribution in [2.75, 3.05) is 0 Å². The summed E-state index contributed by atoms with van der Waals surface area (Å²) in [6.07, 6.45) is -8.69. The van der Waals surface area contributed by atoms with Crippen LogP contribution in [-0.4, -0.2) is 16.3 Å². The standard InChI is InChI=1S/C7H3F5N2O4/c8-5(9)4-2(14(16)17)1-3(6(15)13-4)18-7(10,11)12/h1,5H,(H,13,15). The lowest BCUT2D eigenvalue weighted by atomic mass is 10.3. The lowest BCUT2D eigenvalue weighted by molar-refractivity contribution is -0.386. The smallest absolute Gasteiger partial charge is 0.400 e. The molecule has 0 unspecified atom stereocenters. The lowest BCUT2D eigenvalue weighted by Crippen LogP contribution is -2.23. The highest BCUT2D eigenvalue weighted by atomic mass is 19.4. The number of nitrogens with zero attached hydrogens (tertiary/aromatic N) is 1. The average molecular weight is 274 g/mol. The second kappa shape index (κ2) is 4.58. The van der Waals surface area contributed by atoms with Gasteiger partial charge in [0.2, 0.25) is 5.75 Å². The van der Waals surface area contributed by atoms with E-state index in [1.807, 2.05) is 0 Å².